The number of hydrogen-bond donors (Lipinski definition) is 3. The number of carbonyl (C=O) groups is 1. The summed E-state index contributed by atoms with van der Waals surface area (Å²) in [6.45, 7) is 1.88. The summed E-state index contributed by atoms with van der Waals surface area (Å²) in [5, 5.41) is 13.9. The van der Waals surface area contributed by atoms with Gasteiger partial charge in [-0.1, -0.05) is 18.2 Å². The zero-order valence-corrected chi connectivity index (χ0v) is 11.4. The van der Waals surface area contributed by atoms with Gasteiger partial charge < -0.3 is 5.73 Å². The molecular formula is C14H14N6O. The van der Waals surface area contributed by atoms with Gasteiger partial charge in [-0.05, 0) is 19.1 Å². The number of nitrogens with two attached hydrogens (primary N) is 1. The Labute approximate surface area is 120 Å². The lowest BCUT2D eigenvalue weighted by Crippen LogP contribution is -2.21. The van der Waals surface area contributed by atoms with Crippen LogP contribution < -0.4 is 11.1 Å². The zero-order valence-electron chi connectivity index (χ0n) is 11.4. The minimum absolute atomic E-state index is 0.546. The molecule has 0 aliphatic carbocycles. The van der Waals surface area contributed by atoms with Crippen molar-refractivity contribution in [3.05, 3.63) is 48.3 Å². The predicted octanol–water partition coefficient (Wildman–Crippen LogP) is 2.06. The molecule has 2 heterocycles. The Balaban J connectivity index is 2.18. The van der Waals surface area contributed by atoms with E-state index in [1.54, 1.807) is 17.1 Å². The summed E-state index contributed by atoms with van der Waals surface area (Å²) < 4.78 is 1.66. The Kier molecular flexibility index (Phi) is 3.15. The van der Waals surface area contributed by atoms with Gasteiger partial charge in [-0.3, -0.25) is 10.4 Å². The summed E-state index contributed by atoms with van der Waals surface area (Å²) in [6, 6.07) is 8.89. The fourth-order valence-electron chi connectivity index (χ4n) is 2.17. The third-order valence-electron chi connectivity index (χ3n) is 3.14. The fourth-order valence-corrected chi connectivity index (χ4v) is 2.17. The number of anilines is 1. The number of carbonyl (C=O) groups excluding carboxylic acids is 1. The molecule has 0 atom stereocenters. The molecule has 4 N–H and O–H groups in total. The molecule has 7 heteroatoms. The molecule has 0 spiro atoms. The second-order valence-corrected chi connectivity index (χ2v) is 4.55. The normalized spacial score (nSPS) is 10.5. The van der Waals surface area contributed by atoms with E-state index in [1.807, 2.05) is 37.3 Å². The first-order chi connectivity index (χ1) is 10.2. The van der Waals surface area contributed by atoms with Crippen LogP contribution in [0.15, 0.2) is 42.7 Å². The van der Waals surface area contributed by atoms with Crippen molar-refractivity contribution in [2.45, 2.75) is 6.92 Å². The maximum Gasteiger partial charge on any atom is 0.317 e. The zero-order chi connectivity index (χ0) is 14.8. The van der Waals surface area contributed by atoms with Crippen LogP contribution in [0.4, 0.5) is 10.6 Å². The maximum atomic E-state index is 11.3. The number of primary amides is 1. The molecule has 0 aliphatic heterocycles. The van der Waals surface area contributed by atoms with Gasteiger partial charge in [0.25, 0.3) is 0 Å². The molecule has 1 aromatic carbocycles. The number of aromatic amines is 1. The monoisotopic (exact) mass is 282 g/mol. The number of amides is 2. The minimum atomic E-state index is -0.631. The summed E-state index contributed by atoms with van der Waals surface area (Å²) in [7, 11) is 0. The van der Waals surface area contributed by atoms with Crippen molar-refractivity contribution < 1.29 is 4.79 Å². The molecule has 2 amide bonds. The first kappa shape index (κ1) is 12.9. The van der Waals surface area contributed by atoms with Crippen LogP contribution in [-0.2, 0) is 0 Å². The van der Waals surface area contributed by atoms with E-state index in [1.165, 1.54) is 0 Å². The summed E-state index contributed by atoms with van der Waals surface area (Å²) >= 11 is 0. The number of rotatable bonds is 3. The largest absolute Gasteiger partial charge is 0.351 e. The lowest BCUT2D eigenvalue weighted by atomic mass is 10.1. The quantitative estimate of drug-likeness (QED) is 0.685. The van der Waals surface area contributed by atoms with E-state index < -0.39 is 6.03 Å². The summed E-state index contributed by atoms with van der Waals surface area (Å²) in [4.78, 5) is 11.3. The third-order valence-corrected chi connectivity index (χ3v) is 3.14. The highest BCUT2D eigenvalue weighted by Crippen LogP contribution is 2.29. The van der Waals surface area contributed by atoms with Gasteiger partial charge in [0.2, 0.25) is 0 Å². The second kappa shape index (κ2) is 5.12. The molecule has 0 saturated carbocycles. The van der Waals surface area contributed by atoms with Gasteiger partial charge in [0, 0.05) is 17.3 Å². The number of aromatic nitrogens is 4. The smallest absolute Gasteiger partial charge is 0.317 e. The van der Waals surface area contributed by atoms with Gasteiger partial charge in [0.1, 0.15) is 11.5 Å². The number of nitrogens with zero attached hydrogens (tertiary/aromatic N) is 3. The van der Waals surface area contributed by atoms with Crippen LogP contribution in [0, 0.1) is 6.92 Å². The average molecular weight is 282 g/mol. The first-order valence-electron chi connectivity index (χ1n) is 6.37. The molecule has 0 saturated heterocycles. The highest BCUT2D eigenvalue weighted by molar-refractivity contribution is 5.89. The van der Waals surface area contributed by atoms with Gasteiger partial charge in [-0.15, -0.1) is 0 Å². The Morgan fingerprint density at radius 2 is 2.10 bits per heavy atom. The van der Waals surface area contributed by atoms with E-state index >= 15 is 0 Å². The van der Waals surface area contributed by atoms with E-state index in [2.05, 4.69) is 20.6 Å². The number of para-hydroxylation sites is 1. The Morgan fingerprint density at radius 1 is 1.33 bits per heavy atom. The third kappa shape index (κ3) is 2.36. The van der Waals surface area contributed by atoms with E-state index in [0.29, 0.717) is 5.82 Å². The highest BCUT2D eigenvalue weighted by atomic mass is 16.2. The number of benzene rings is 1. The van der Waals surface area contributed by atoms with Crippen LogP contribution in [0.2, 0.25) is 0 Å². The molecule has 0 radical (unpaired) electrons. The van der Waals surface area contributed by atoms with Crippen LogP contribution >= 0.6 is 0 Å². The summed E-state index contributed by atoms with van der Waals surface area (Å²) in [5.41, 5.74) is 8.48. The SMILES string of the molecule is Cc1c(-c2cn[nH]c2)nn(-c2ccccc2)c1NC(N)=O. The van der Waals surface area contributed by atoms with E-state index in [9.17, 15) is 4.79 Å². The second-order valence-electron chi connectivity index (χ2n) is 4.55. The van der Waals surface area contributed by atoms with Crippen molar-refractivity contribution in [2.75, 3.05) is 5.32 Å². The average Bonchev–Trinajstić information content (AvgIpc) is 3.09. The van der Waals surface area contributed by atoms with Gasteiger partial charge in [0.05, 0.1) is 11.9 Å². The number of urea groups is 1. The van der Waals surface area contributed by atoms with E-state index in [4.69, 9.17) is 5.73 Å². The first-order valence-corrected chi connectivity index (χ1v) is 6.37. The molecule has 7 nitrogen and oxygen atoms in total. The Bertz CT molecular complexity index is 760. The van der Waals surface area contributed by atoms with Crippen molar-refractivity contribution in [3.63, 3.8) is 0 Å². The molecule has 0 aliphatic rings. The van der Waals surface area contributed by atoms with Crippen molar-refractivity contribution in [3.8, 4) is 16.9 Å². The Morgan fingerprint density at radius 3 is 2.71 bits per heavy atom. The van der Waals surface area contributed by atoms with Crippen molar-refractivity contribution in [1.29, 1.82) is 0 Å². The standard InChI is InChI=1S/C14H14N6O/c1-9-12(10-7-16-17-8-10)19-20(13(9)18-14(15)21)11-5-3-2-4-6-11/h2-8H,1H3,(H,16,17)(H3,15,18,21). The van der Waals surface area contributed by atoms with Crippen LogP contribution in [-0.4, -0.2) is 26.0 Å². The number of nitrogens with one attached hydrogen (secondary N) is 2. The van der Waals surface area contributed by atoms with E-state index in [-0.39, 0.29) is 0 Å². The number of hydrogen-bond acceptors (Lipinski definition) is 3. The maximum absolute atomic E-state index is 11.3. The lowest BCUT2D eigenvalue weighted by Gasteiger charge is -2.07. The summed E-state index contributed by atoms with van der Waals surface area (Å²) in [6.07, 6.45) is 3.43. The van der Waals surface area contributed by atoms with Crippen molar-refractivity contribution >= 4 is 11.8 Å². The van der Waals surface area contributed by atoms with Gasteiger partial charge in [0.15, 0.2) is 0 Å². The topological polar surface area (TPSA) is 102 Å². The van der Waals surface area contributed by atoms with Crippen LogP contribution in [0.25, 0.3) is 16.9 Å². The molecular weight excluding hydrogens is 268 g/mol. The minimum Gasteiger partial charge on any atom is -0.351 e. The van der Waals surface area contributed by atoms with Gasteiger partial charge >= 0.3 is 6.03 Å². The summed E-state index contributed by atoms with van der Waals surface area (Å²) in [5.74, 6) is 0.546. The molecule has 0 fully saturated rings. The van der Waals surface area contributed by atoms with Crippen LogP contribution in [0.3, 0.4) is 0 Å². The molecule has 3 rings (SSSR count). The molecule has 106 valence electrons. The fraction of sp³-hybridized carbons (Fsp3) is 0.0714. The molecule has 21 heavy (non-hydrogen) atoms. The Hall–Kier alpha value is -3.09. The molecule has 3 aromatic rings. The molecule has 2 aromatic heterocycles. The van der Waals surface area contributed by atoms with Gasteiger partial charge in [-0.25, -0.2) is 9.48 Å². The van der Waals surface area contributed by atoms with Crippen LogP contribution in [0.5, 0.6) is 0 Å². The molecule has 0 unspecified atom stereocenters. The predicted molar refractivity (Wildman–Crippen MR) is 79.1 cm³/mol. The van der Waals surface area contributed by atoms with Crippen molar-refractivity contribution in [1.82, 2.24) is 20.0 Å². The van der Waals surface area contributed by atoms with Crippen molar-refractivity contribution in [2.24, 2.45) is 5.73 Å². The van der Waals surface area contributed by atoms with Crippen LogP contribution in [0.1, 0.15) is 5.56 Å². The lowest BCUT2D eigenvalue weighted by molar-refractivity contribution is 0.259. The molecule has 0 bridgehead atoms. The number of H-pyrrole nitrogens is 1. The van der Waals surface area contributed by atoms with Gasteiger partial charge in [-0.2, -0.15) is 10.2 Å². The van der Waals surface area contributed by atoms with E-state index in [0.717, 1.165) is 22.5 Å². The highest BCUT2D eigenvalue weighted by Gasteiger charge is 2.18.